The molecular weight excluding hydrogens is 424 g/mol. The summed E-state index contributed by atoms with van der Waals surface area (Å²) in [5, 5.41) is 7.54. The van der Waals surface area contributed by atoms with Crippen molar-refractivity contribution in [2.75, 3.05) is 0 Å². The van der Waals surface area contributed by atoms with Crippen LogP contribution < -0.4 is 0 Å². The van der Waals surface area contributed by atoms with Crippen molar-refractivity contribution in [2.45, 2.75) is 13.3 Å². The molecule has 35 heavy (non-hydrogen) atoms. The lowest BCUT2D eigenvalue weighted by molar-refractivity contribution is 0.670. The average Bonchev–Trinajstić information content (AvgIpc) is 3.31. The Hall–Kier alpha value is -4.36. The monoisotopic (exact) mass is 448 g/mol. The summed E-state index contributed by atoms with van der Waals surface area (Å²) in [5.41, 5.74) is 8.04. The highest BCUT2D eigenvalue weighted by atomic mass is 16.3. The quantitative estimate of drug-likeness (QED) is 0.245. The Balaban J connectivity index is 1.39. The van der Waals surface area contributed by atoms with E-state index in [9.17, 15) is 0 Å². The zero-order valence-corrected chi connectivity index (χ0v) is 19.6. The minimum atomic E-state index is 0.931. The van der Waals surface area contributed by atoms with Gasteiger partial charge in [-0.05, 0) is 62.4 Å². The second-order valence-electron chi connectivity index (χ2n) is 9.24. The first-order chi connectivity index (χ1) is 17.3. The van der Waals surface area contributed by atoms with Crippen LogP contribution in [-0.4, -0.2) is 0 Å². The first-order valence-corrected chi connectivity index (χ1v) is 12.3. The fraction of sp³-hybridized carbons (Fsp3) is 0.0588. The molecule has 1 heterocycles. The number of rotatable bonds is 3. The van der Waals surface area contributed by atoms with E-state index in [0.29, 0.717) is 0 Å². The van der Waals surface area contributed by atoms with E-state index in [4.69, 9.17) is 4.42 Å². The highest BCUT2D eigenvalue weighted by Gasteiger charge is 2.13. The highest BCUT2D eigenvalue weighted by Crippen LogP contribution is 2.38. The van der Waals surface area contributed by atoms with E-state index < -0.39 is 0 Å². The molecule has 166 valence electrons. The van der Waals surface area contributed by atoms with Gasteiger partial charge in [-0.3, -0.25) is 0 Å². The minimum absolute atomic E-state index is 0.931. The SMILES string of the molecule is CCc1ccc2cc(-c3ccc(-c4cccc5c4oc4ccccc45)cc3)c3ccccc3c2c1. The van der Waals surface area contributed by atoms with Gasteiger partial charge in [0.1, 0.15) is 11.2 Å². The Morgan fingerprint density at radius 2 is 1.20 bits per heavy atom. The Morgan fingerprint density at radius 3 is 2.00 bits per heavy atom. The fourth-order valence-electron chi connectivity index (χ4n) is 5.41. The molecule has 7 rings (SSSR count). The Kier molecular flexibility index (Phi) is 4.50. The maximum absolute atomic E-state index is 6.28. The van der Waals surface area contributed by atoms with Crippen LogP contribution >= 0.6 is 0 Å². The molecular formula is C34H24O. The molecule has 1 heteroatoms. The number of para-hydroxylation sites is 2. The molecule has 1 aromatic heterocycles. The Morgan fingerprint density at radius 1 is 0.514 bits per heavy atom. The van der Waals surface area contributed by atoms with Crippen LogP contribution in [0.1, 0.15) is 12.5 Å². The van der Waals surface area contributed by atoms with Gasteiger partial charge in [-0.15, -0.1) is 0 Å². The van der Waals surface area contributed by atoms with Gasteiger partial charge in [0.2, 0.25) is 0 Å². The van der Waals surface area contributed by atoms with Gasteiger partial charge in [0, 0.05) is 16.3 Å². The van der Waals surface area contributed by atoms with Crippen LogP contribution in [0.2, 0.25) is 0 Å². The third kappa shape index (κ3) is 3.16. The third-order valence-corrected chi connectivity index (χ3v) is 7.24. The normalized spacial score (nSPS) is 11.7. The second kappa shape index (κ2) is 7.85. The molecule has 7 aromatic rings. The second-order valence-corrected chi connectivity index (χ2v) is 9.24. The largest absolute Gasteiger partial charge is 0.455 e. The summed E-state index contributed by atoms with van der Waals surface area (Å²) < 4.78 is 6.28. The maximum atomic E-state index is 6.28. The summed E-state index contributed by atoms with van der Waals surface area (Å²) in [6.45, 7) is 2.21. The van der Waals surface area contributed by atoms with Crippen molar-refractivity contribution in [3.05, 3.63) is 121 Å². The van der Waals surface area contributed by atoms with Crippen molar-refractivity contribution in [3.63, 3.8) is 0 Å². The molecule has 0 atom stereocenters. The van der Waals surface area contributed by atoms with Gasteiger partial charge in [-0.1, -0.05) is 110 Å². The van der Waals surface area contributed by atoms with Gasteiger partial charge < -0.3 is 4.42 Å². The summed E-state index contributed by atoms with van der Waals surface area (Å²) in [6.07, 6.45) is 1.05. The van der Waals surface area contributed by atoms with E-state index in [2.05, 4.69) is 110 Å². The van der Waals surface area contributed by atoms with E-state index in [1.54, 1.807) is 0 Å². The van der Waals surface area contributed by atoms with Gasteiger partial charge in [-0.25, -0.2) is 0 Å². The maximum Gasteiger partial charge on any atom is 0.143 e. The molecule has 0 saturated heterocycles. The zero-order chi connectivity index (χ0) is 23.4. The van der Waals surface area contributed by atoms with Crippen LogP contribution in [0.25, 0.3) is 65.7 Å². The van der Waals surface area contributed by atoms with Crippen LogP contribution in [0.15, 0.2) is 120 Å². The van der Waals surface area contributed by atoms with Crippen molar-refractivity contribution in [3.8, 4) is 22.3 Å². The van der Waals surface area contributed by atoms with Crippen LogP contribution in [0, 0.1) is 0 Å². The number of hydrogen-bond donors (Lipinski definition) is 0. The third-order valence-electron chi connectivity index (χ3n) is 7.24. The molecule has 0 N–H and O–H groups in total. The Labute approximate surface area is 204 Å². The first kappa shape index (κ1) is 20.1. The minimum Gasteiger partial charge on any atom is -0.455 e. The summed E-state index contributed by atoms with van der Waals surface area (Å²) in [7, 11) is 0. The Bertz CT molecular complexity index is 1870. The van der Waals surface area contributed by atoms with E-state index in [1.807, 2.05) is 12.1 Å². The first-order valence-electron chi connectivity index (χ1n) is 12.3. The van der Waals surface area contributed by atoms with Gasteiger partial charge in [0.25, 0.3) is 0 Å². The molecule has 0 aliphatic heterocycles. The molecule has 0 unspecified atom stereocenters. The molecule has 0 saturated carbocycles. The van der Waals surface area contributed by atoms with Crippen LogP contribution in [0.4, 0.5) is 0 Å². The van der Waals surface area contributed by atoms with E-state index in [0.717, 1.165) is 39.5 Å². The number of fused-ring (bicyclic) bond motifs is 6. The van der Waals surface area contributed by atoms with Gasteiger partial charge in [-0.2, -0.15) is 0 Å². The highest BCUT2D eigenvalue weighted by molar-refractivity contribution is 6.14. The molecule has 0 aliphatic carbocycles. The van der Waals surface area contributed by atoms with Crippen molar-refractivity contribution in [2.24, 2.45) is 0 Å². The summed E-state index contributed by atoms with van der Waals surface area (Å²) in [5.74, 6) is 0. The fourth-order valence-corrected chi connectivity index (χ4v) is 5.41. The van der Waals surface area contributed by atoms with Crippen LogP contribution in [0.5, 0.6) is 0 Å². The lowest BCUT2D eigenvalue weighted by atomic mass is 9.91. The van der Waals surface area contributed by atoms with Crippen molar-refractivity contribution in [1.82, 2.24) is 0 Å². The number of hydrogen-bond acceptors (Lipinski definition) is 1. The van der Waals surface area contributed by atoms with Gasteiger partial charge in [0.05, 0.1) is 0 Å². The molecule has 0 aliphatic rings. The standard InChI is InChI=1S/C34H24O/c1-2-22-14-15-25-21-32(28-9-4-3-8-27(28)31(25)20-22)24-18-16-23(17-19-24)26-11-7-12-30-29-10-5-6-13-33(29)35-34(26)30/h3-21H,2H2,1H3. The predicted octanol–water partition coefficient (Wildman–Crippen LogP) is 9.79. The lowest BCUT2D eigenvalue weighted by Gasteiger charge is -2.13. The smallest absolute Gasteiger partial charge is 0.143 e. The van der Waals surface area contributed by atoms with E-state index in [1.165, 1.54) is 38.2 Å². The van der Waals surface area contributed by atoms with Crippen molar-refractivity contribution < 1.29 is 4.42 Å². The predicted molar refractivity (Wildman–Crippen MR) is 149 cm³/mol. The summed E-state index contributed by atoms with van der Waals surface area (Å²) >= 11 is 0. The molecule has 6 aromatic carbocycles. The average molecular weight is 449 g/mol. The van der Waals surface area contributed by atoms with Crippen LogP contribution in [-0.2, 0) is 6.42 Å². The molecule has 0 bridgehead atoms. The molecule has 0 radical (unpaired) electrons. The van der Waals surface area contributed by atoms with Crippen LogP contribution in [0.3, 0.4) is 0 Å². The lowest BCUT2D eigenvalue weighted by Crippen LogP contribution is -1.87. The van der Waals surface area contributed by atoms with Crippen molar-refractivity contribution in [1.29, 1.82) is 0 Å². The van der Waals surface area contributed by atoms with Gasteiger partial charge >= 0.3 is 0 Å². The summed E-state index contributed by atoms with van der Waals surface area (Å²) in [4.78, 5) is 0. The summed E-state index contributed by atoms with van der Waals surface area (Å²) in [6, 6.07) is 41.6. The number of furan rings is 1. The van der Waals surface area contributed by atoms with E-state index >= 15 is 0 Å². The molecule has 0 spiro atoms. The topological polar surface area (TPSA) is 13.1 Å². The number of aryl methyl sites for hydroxylation is 1. The van der Waals surface area contributed by atoms with Crippen molar-refractivity contribution >= 4 is 43.5 Å². The molecule has 0 amide bonds. The molecule has 1 nitrogen and oxygen atoms in total. The van der Waals surface area contributed by atoms with E-state index in [-0.39, 0.29) is 0 Å². The van der Waals surface area contributed by atoms with Gasteiger partial charge in [0.15, 0.2) is 0 Å². The molecule has 0 fully saturated rings. The number of benzene rings is 6. The zero-order valence-electron chi connectivity index (χ0n) is 19.6.